The average molecular weight is 533 g/mol. The van der Waals surface area contributed by atoms with Crippen LogP contribution in [0.3, 0.4) is 0 Å². The lowest BCUT2D eigenvalue weighted by atomic mass is 10.2. The van der Waals surface area contributed by atoms with E-state index in [9.17, 15) is 13.7 Å². The molecule has 0 spiro atoms. The molecule has 4 aromatic rings. The number of hydrogen-bond acceptors (Lipinski definition) is 9. The van der Waals surface area contributed by atoms with Gasteiger partial charge in [-0.2, -0.15) is 5.26 Å². The van der Waals surface area contributed by atoms with E-state index in [1.165, 1.54) is 11.4 Å². The number of aryl methyl sites for hydroxylation is 1. The zero-order chi connectivity index (χ0) is 26.9. The number of rotatable bonds is 7. The van der Waals surface area contributed by atoms with Crippen LogP contribution >= 0.6 is 0 Å². The summed E-state index contributed by atoms with van der Waals surface area (Å²) < 4.78 is 33.9. The van der Waals surface area contributed by atoms with Crippen LogP contribution in [0.4, 0.5) is 28.7 Å². The number of nitrogens with one attached hydrogen (secondary N) is 2. The molecule has 3 aromatic heterocycles. The first-order valence-electron chi connectivity index (χ1n) is 12.2. The van der Waals surface area contributed by atoms with E-state index in [2.05, 4.69) is 15.6 Å². The lowest BCUT2D eigenvalue weighted by molar-refractivity contribution is -0.0308. The van der Waals surface area contributed by atoms with Crippen molar-refractivity contribution >= 4 is 49.9 Å². The monoisotopic (exact) mass is 532 g/mol. The maximum Gasteiger partial charge on any atom is 0.232 e. The van der Waals surface area contributed by atoms with Gasteiger partial charge in [-0.1, -0.05) is 18.2 Å². The second-order valence-corrected chi connectivity index (χ2v) is 11.1. The number of imidazole rings is 1. The third-order valence-corrected chi connectivity index (χ3v) is 7.59. The van der Waals surface area contributed by atoms with Gasteiger partial charge in [-0.05, 0) is 50.5 Å². The molecule has 1 aromatic carbocycles. The van der Waals surface area contributed by atoms with E-state index in [-0.39, 0.29) is 11.9 Å². The van der Waals surface area contributed by atoms with Crippen LogP contribution < -0.4 is 14.9 Å². The maximum absolute atomic E-state index is 12.3. The Bertz CT molecular complexity index is 1640. The van der Waals surface area contributed by atoms with E-state index in [0.29, 0.717) is 46.5 Å². The molecule has 1 atom stereocenters. The fourth-order valence-electron chi connectivity index (χ4n) is 4.48. The number of pyridine rings is 2. The molecule has 1 unspecified atom stereocenters. The van der Waals surface area contributed by atoms with Crippen LogP contribution in [0.25, 0.3) is 11.2 Å². The molecular formula is C26H28N8O3S. The molecule has 5 rings (SSSR count). The average Bonchev–Trinajstić information content (AvgIpc) is 3.24. The number of anilines is 5. The number of nitriles is 1. The number of aromatic nitrogens is 4. The van der Waals surface area contributed by atoms with E-state index in [4.69, 9.17) is 14.7 Å². The number of ether oxygens (including phenoxy) is 1. The van der Waals surface area contributed by atoms with Crippen molar-refractivity contribution in [2.75, 3.05) is 34.8 Å². The molecule has 1 saturated heterocycles. The molecule has 1 aliphatic rings. The fourth-order valence-corrected chi connectivity index (χ4v) is 5.00. The van der Waals surface area contributed by atoms with Crippen molar-refractivity contribution in [2.24, 2.45) is 0 Å². The molecule has 1 aliphatic heterocycles. The minimum Gasteiger partial charge on any atom is -0.358 e. The first-order valence-corrected chi connectivity index (χ1v) is 14.0. The summed E-state index contributed by atoms with van der Waals surface area (Å²) in [7, 11) is -1.98. The minimum atomic E-state index is -3.49. The van der Waals surface area contributed by atoms with Gasteiger partial charge in [0.25, 0.3) is 0 Å². The van der Waals surface area contributed by atoms with Crippen molar-refractivity contribution in [1.29, 1.82) is 5.26 Å². The highest BCUT2D eigenvalue weighted by molar-refractivity contribution is 7.92. The van der Waals surface area contributed by atoms with Gasteiger partial charge in [0, 0.05) is 19.7 Å². The highest BCUT2D eigenvalue weighted by atomic mass is 32.2. The number of para-hydroxylation sites is 2. The molecule has 0 radical (unpaired) electrons. The molecule has 1 fully saturated rings. The lowest BCUT2D eigenvalue weighted by Crippen LogP contribution is -2.25. The van der Waals surface area contributed by atoms with Gasteiger partial charge in [0.15, 0.2) is 5.65 Å². The summed E-state index contributed by atoms with van der Waals surface area (Å²) >= 11 is 0. The lowest BCUT2D eigenvalue weighted by Gasteiger charge is -2.25. The van der Waals surface area contributed by atoms with E-state index in [1.54, 1.807) is 36.4 Å². The van der Waals surface area contributed by atoms with Crippen LogP contribution in [0.1, 0.15) is 37.0 Å². The third-order valence-electron chi connectivity index (χ3n) is 6.40. The van der Waals surface area contributed by atoms with Crippen molar-refractivity contribution in [3.8, 4) is 6.07 Å². The molecule has 12 heteroatoms. The second kappa shape index (κ2) is 10.3. The first-order chi connectivity index (χ1) is 18.2. The molecule has 2 N–H and O–H groups in total. The summed E-state index contributed by atoms with van der Waals surface area (Å²) in [5.41, 5.74) is 3.23. The van der Waals surface area contributed by atoms with Gasteiger partial charge < -0.3 is 15.4 Å². The number of fused-ring (bicyclic) bond motifs is 1. The Kier molecular flexibility index (Phi) is 6.88. The molecule has 0 bridgehead atoms. The maximum atomic E-state index is 12.3. The summed E-state index contributed by atoms with van der Waals surface area (Å²) in [6.07, 6.45) is 3.88. The van der Waals surface area contributed by atoms with Crippen LogP contribution in [0.2, 0.25) is 0 Å². The van der Waals surface area contributed by atoms with Crippen LogP contribution in [-0.2, 0) is 14.8 Å². The predicted octanol–water partition coefficient (Wildman–Crippen LogP) is 4.59. The summed E-state index contributed by atoms with van der Waals surface area (Å²) in [4.78, 5) is 14.0. The van der Waals surface area contributed by atoms with Crippen molar-refractivity contribution in [2.45, 2.75) is 32.4 Å². The summed E-state index contributed by atoms with van der Waals surface area (Å²) in [5.74, 6) is 1.70. The van der Waals surface area contributed by atoms with E-state index in [1.807, 2.05) is 29.7 Å². The molecule has 38 heavy (non-hydrogen) atoms. The molecule has 11 nitrogen and oxygen atoms in total. The molecule has 0 amide bonds. The van der Waals surface area contributed by atoms with E-state index >= 15 is 0 Å². The largest absolute Gasteiger partial charge is 0.358 e. The number of hydrogen-bond donors (Lipinski definition) is 2. The number of nitrogens with zero attached hydrogens (tertiary/aromatic N) is 6. The van der Waals surface area contributed by atoms with Gasteiger partial charge in [0.05, 0.1) is 23.3 Å². The second-order valence-electron chi connectivity index (χ2n) is 9.10. The van der Waals surface area contributed by atoms with E-state index in [0.717, 1.165) is 31.3 Å². The Hall–Kier alpha value is -4.21. The SMILES string of the molecule is Cc1nc2c(Nc3ccccc3N(C)S(C)(=O)=O)cc(Nc3cccc(C#N)n3)nc2n1C1CCCCO1. The van der Waals surface area contributed by atoms with Crippen molar-refractivity contribution in [1.82, 2.24) is 19.5 Å². The Labute approximate surface area is 221 Å². The quantitative estimate of drug-likeness (QED) is 0.350. The molecule has 196 valence electrons. The Morgan fingerprint density at radius 3 is 2.61 bits per heavy atom. The highest BCUT2D eigenvalue weighted by Crippen LogP contribution is 2.36. The van der Waals surface area contributed by atoms with Crippen molar-refractivity contribution in [3.05, 3.63) is 60.0 Å². The van der Waals surface area contributed by atoms with Gasteiger partial charge in [-0.3, -0.25) is 8.87 Å². The van der Waals surface area contributed by atoms with Gasteiger partial charge in [0.1, 0.15) is 41.0 Å². The number of sulfonamides is 1. The Balaban J connectivity index is 1.64. The van der Waals surface area contributed by atoms with Crippen LogP contribution in [-0.4, -0.2) is 47.8 Å². The first kappa shape index (κ1) is 25.4. The molecule has 0 aliphatic carbocycles. The van der Waals surface area contributed by atoms with Gasteiger partial charge in [-0.15, -0.1) is 0 Å². The van der Waals surface area contributed by atoms with Crippen LogP contribution in [0.5, 0.6) is 0 Å². The standard InChI is InChI=1S/C26H28N8O3S/c1-17-28-25-20(30-19-10-4-5-11-21(19)33(2)38(3,35)36)15-23(31-22-12-8-9-18(16-27)29-22)32-26(25)34(17)24-13-6-7-14-37-24/h4-5,8-12,15,24H,6-7,13-14H2,1-3H3,(H2,29,30,31,32). The van der Waals surface area contributed by atoms with Gasteiger partial charge in [-0.25, -0.2) is 23.4 Å². The molecule has 0 saturated carbocycles. The van der Waals surface area contributed by atoms with Crippen molar-refractivity contribution in [3.63, 3.8) is 0 Å². The zero-order valence-corrected chi connectivity index (χ0v) is 22.2. The summed E-state index contributed by atoms with van der Waals surface area (Å²) in [6.45, 7) is 2.59. The fraction of sp³-hybridized carbons (Fsp3) is 0.308. The highest BCUT2D eigenvalue weighted by Gasteiger charge is 2.24. The summed E-state index contributed by atoms with van der Waals surface area (Å²) in [6, 6.07) is 16.1. The van der Waals surface area contributed by atoms with Crippen molar-refractivity contribution < 1.29 is 13.2 Å². The smallest absolute Gasteiger partial charge is 0.232 e. The molecular weight excluding hydrogens is 504 g/mol. The van der Waals surface area contributed by atoms with Gasteiger partial charge >= 0.3 is 0 Å². The topological polar surface area (TPSA) is 138 Å². The zero-order valence-electron chi connectivity index (χ0n) is 21.3. The van der Waals surface area contributed by atoms with Crippen LogP contribution in [0.15, 0.2) is 48.5 Å². The third kappa shape index (κ3) is 5.11. The Morgan fingerprint density at radius 1 is 1.05 bits per heavy atom. The predicted molar refractivity (Wildman–Crippen MR) is 146 cm³/mol. The minimum absolute atomic E-state index is 0.187. The summed E-state index contributed by atoms with van der Waals surface area (Å²) in [5, 5.41) is 15.8. The normalized spacial score (nSPS) is 15.7. The number of benzene rings is 1. The van der Waals surface area contributed by atoms with Crippen LogP contribution in [0, 0.1) is 18.3 Å². The van der Waals surface area contributed by atoms with Gasteiger partial charge in [0.2, 0.25) is 10.0 Å². The Morgan fingerprint density at radius 2 is 1.87 bits per heavy atom. The molecule has 4 heterocycles. The van der Waals surface area contributed by atoms with E-state index < -0.39 is 10.0 Å².